The first-order chi connectivity index (χ1) is 9.63. The SMILES string of the molecule is Cc1cccc(C(=O)N2CCC(OCCN)CC2)c1C. The first kappa shape index (κ1) is 15.0. The quantitative estimate of drug-likeness (QED) is 0.913. The molecule has 0 unspecified atom stereocenters. The third-order valence-corrected chi connectivity index (χ3v) is 4.04. The Morgan fingerprint density at radius 2 is 2.05 bits per heavy atom. The third-order valence-electron chi connectivity index (χ3n) is 4.04. The van der Waals surface area contributed by atoms with E-state index in [1.807, 2.05) is 36.9 Å². The first-order valence-electron chi connectivity index (χ1n) is 7.30. The summed E-state index contributed by atoms with van der Waals surface area (Å²) in [5.74, 6) is 0.142. The Balaban J connectivity index is 1.96. The van der Waals surface area contributed by atoms with Crippen LogP contribution in [0.5, 0.6) is 0 Å². The normalized spacial score (nSPS) is 16.4. The minimum atomic E-state index is 0.142. The number of amides is 1. The Labute approximate surface area is 120 Å². The second-order valence-electron chi connectivity index (χ2n) is 5.40. The zero-order chi connectivity index (χ0) is 14.5. The van der Waals surface area contributed by atoms with Gasteiger partial charge in [0.2, 0.25) is 0 Å². The number of hydrogen-bond acceptors (Lipinski definition) is 3. The molecule has 1 aliphatic rings. The molecule has 20 heavy (non-hydrogen) atoms. The summed E-state index contributed by atoms with van der Waals surface area (Å²) in [7, 11) is 0. The molecule has 0 saturated carbocycles. The minimum absolute atomic E-state index is 0.142. The fourth-order valence-corrected chi connectivity index (χ4v) is 2.61. The summed E-state index contributed by atoms with van der Waals surface area (Å²) in [4.78, 5) is 14.5. The van der Waals surface area contributed by atoms with E-state index in [4.69, 9.17) is 10.5 Å². The maximum atomic E-state index is 12.6. The zero-order valence-electron chi connectivity index (χ0n) is 12.4. The molecule has 0 bridgehead atoms. The lowest BCUT2D eigenvalue weighted by molar-refractivity contribution is 0.0121. The molecule has 0 aliphatic carbocycles. The molecule has 1 fully saturated rings. The molecule has 1 saturated heterocycles. The van der Waals surface area contributed by atoms with Gasteiger partial charge in [0.25, 0.3) is 5.91 Å². The number of nitrogens with zero attached hydrogens (tertiary/aromatic N) is 1. The number of ether oxygens (including phenoxy) is 1. The molecule has 2 N–H and O–H groups in total. The van der Waals surface area contributed by atoms with Crippen molar-refractivity contribution >= 4 is 5.91 Å². The van der Waals surface area contributed by atoms with Gasteiger partial charge in [-0.3, -0.25) is 4.79 Å². The predicted molar refractivity (Wildman–Crippen MR) is 79.8 cm³/mol. The molecule has 110 valence electrons. The smallest absolute Gasteiger partial charge is 0.254 e. The summed E-state index contributed by atoms with van der Waals surface area (Å²) in [6.07, 6.45) is 2.05. The highest BCUT2D eigenvalue weighted by Crippen LogP contribution is 2.19. The Morgan fingerprint density at radius 1 is 1.35 bits per heavy atom. The minimum Gasteiger partial charge on any atom is -0.377 e. The number of rotatable bonds is 4. The maximum absolute atomic E-state index is 12.6. The van der Waals surface area contributed by atoms with Gasteiger partial charge in [-0.1, -0.05) is 12.1 Å². The van der Waals surface area contributed by atoms with Crippen LogP contribution in [0, 0.1) is 13.8 Å². The van der Waals surface area contributed by atoms with Crippen molar-refractivity contribution in [2.45, 2.75) is 32.8 Å². The summed E-state index contributed by atoms with van der Waals surface area (Å²) in [6, 6.07) is 5.91. The van der Waals surface area contributed by atoms with Crippen LogP contribution in [0.25, 0.3) is 0 Å². The highest BCUT2D eigenvalue weighted by molar-refractivity contribution is 5.96. The Hall–Kier alpha value is -1.39. The van der Waals surface area contributed by atoms with E-state index in [1.165, 1.54) is 0 Å². The number of aryl methyl sites for hydroxylation is 1. The number of nitrogens with two attached hydrogens (primary N) is 1. The number of benzene rings is 1. The topological polar surface area (TPSA) is 55.6 Å². The fourth-order valence-electron chi connectivity index (χ4n) is 2.61. The van der Waals surface area contributed by atoms with Gasteiger partial charge in [0.1, 0.15) is 0 Å². The number of likely N-dealkylation sites (tertiary alicyclic amines) is 1. The highest BCUT2D eigenvalue weighted by Gasteiger charge is 2.24. The molecule has 4 heteroatoms. The van der Waals surface area contributed by atoms with E-state index in [1.54, 1.807) is 0 Å². The van der Waals surface area contributed by atoms with Gasteiger partial charge < -0.3 is 15.4 Å². The molecule has 2 rings (SSSR count). The van der Waals surface area contributed by atoms with Gasteiger partial charge in [0, 0.05) is 25.2 Å². The van der Waals surface area contributed by atoms with Crippen molar-refractivity contribution in [2.75, 3.05) is 26.2 Å². The van der Waals surface area contributed by atoms with E-state index in [0.717, 1.165) is 42.6 Å². The van der Waals surface area contributed by atoms with E-state index < -0.39 is 0 Å². The van der Waals surface area contributed by atoms with Gasteiger partial charge in [-0.15, -0.1) is 0 Å². The monoisotopic (exact) mass is 276 g/mol. The lowest BCUT2D eigenvalue weighted by Gasteiger charge is -2.32. The van der Waals surface area contributed by atoms with Crippen molar-refractivity contribution in [1.82, 2.24) is 4.90 Å². The van der Waals surface area contributed by atoms with Crippen molar-refractivity contribution in [2.24, 2.45) is 5.73 Å². The lowest BCUT2D eigenvalue weighted by Crippen LogP contribution is -2.41. The largest absolute Gasteiger partial charge is 0.377 e. The molecular weight excluding hydrogens is 252 g/mol. The molecule has 4 nitrogen and oxygen atoms in total. The second-order valence-corrected chi connectivity index (χ2v) is 5.40. The van der Waals surface area contributed by atoms with Crippen LogP contribution in [0.4, 0.5) is 0 Å². The van der Waals surface area contributed by atoms with Gasteiger partial charge in [0.05, 0.1) is 12.7 Å². The third kappa shape index (κ3) is 3.38. The van der Waals surface area contributed by atoms with Crippen LogP contribution in [-0.2, 0) is 4.74 Å². The molecule has 1 aromatic carbocycles. The summed E-state index contributed by atoms with van der Waals surface area (Å²) in [5, 5.41) is 0. The van der Waals surface area contributed by atoms with Crippen molar-refractivity contribution in [3.05, 3.63) is 34.9 Å². The molecular formula is C16H24N2O2. The van der Waals surface area contributed by atoms with Crippen LogP contribution < -0.4 is 5.73 Å². The highest BCUT2D eigenvalue weighted by atomic mass is 16.5. The molecule has 0 spiro atoms. The molecule has 0 aromatic heterocycles. The average molecular weight is 276 g/mol. The summed E-state index contributed by atoms with van der Waals surface area (Å²) >= 11 is 0. The number of carbonyl (C=O) groups is 1. The fraction of sp³-hybridized carbons (Fsp3) is 0.562. The first-order valence-corrected chi connectivity index (χ1v) is 7.30. The van der Waals surface area contributed by atoms with Crippen molar-refractivity contribution < 1.29 is 9.53 Å². The van der Waals surface area contributed by atoms with Crippen LogP contribution >= 0.6 is 0 Å². The van der Waals surface area contributed by atoms with Gasteiger partial charge >= 0.3 is 0 Å². The summed E-state index contributed by atoms with van der Waals surface area (Å²) in [6.45, 7) is 6.75. The average Bonchev–Trinajstić information content (AvgIpc) is 2.48. The van der Waals surface area contributed by atoms with Gasteiger partial charge in [-0.2, -0.15) is 0 Å². The second kappa shape index (κ2) is 6.86. The maximum Gasteiger partial charge on any atom is 0.254 e. The summed E-state index contributed by atoms with van der Waals surface area (Å²) < 4.78 is 5.65. The Kier molecular flexibility index (Phi) is 5.15. The number of piperidine rings is 1. The molecule has 0 atom stereocenters. The van der Waals surface area contributed by atoms with E-state index in [2.05, 4.69) is 0 Å². The Morgan fingerprint density at radius 3 is 2.70 bits per heavy atom. The van der Waals surface area contributed by atoms with Crippen LogP contribution in [0.15, 0.2) is 18.2 Å². The van der Waals surface area contributed by atoms with Gasteiger partial charge in [-0.05, 0) is 43.9 Å². The predicted octanol–water partition coefficient (Wildman–Crippen LogP) is 1.88. The van der Waals surface area contributed by atoms with Crippen molar-refractivity contribution in [3.63, 3.8) is 0 Å². The van der Waals surface area contributed by atoms with Crippen molar-refractivity contribution in [3.8, 4) is 0 Å². The molecule has 1 aromatic rings. The zero-order valence-corrected chi connectivity index (χ0v) is 12.4. The van der Waals surface area contributed by atoms with Crippen LogP contribution in [0.3, 0.4) is 0 Å². The van der Waals surface area contributed by atoms with Gasteiger partial charge in [0.15, 0.2) is 0 Å². The molecule has 1 heterocycles. The summed E-state index contributed by atoms with van der Waals surface area (Å²) in [5.41, 5.74) is 8.51. The molecule has 0 radical (unpaired) electrons. The van der Waals surface area contributed by atoms with Crippen LogP contribution in [0.1, 0.15) is 34.3 Å². The molecule has 1 amide bonds. The number of carbonyl (C=O) groups excluding carboxylic acids is 1. The van der Waals surface area contributed by atoms with Crippen LogP contribution in [-0.4, -0.2) is 43.2 Å². The van der Waals surface area contributed by atoms with E-state index in [-0.39, 0.29) is 12.0 Å². The van der Waals surface area contributed by atoms with Crippen molar-refractivity contribution in [1.29, 1.82) is 0 Å². The Bertz CT molecular complexity index is 466. The van der Waals surface area contributed by atoms with E-state index in [0.29, 0.717) is 13.2 Å². The van der Waals surface area contributed by atoms with Crippen LogP contribution in [0.2, 0.25) is 0 Å². The van der Waals surface area contributed by atoms with E-state index in [9.17, 15) is 4.79 Å². The molecule has 1 aliphatic heterocycles. The number of hydrogen-bond donors (Lipinski definition) is 1. The standard InChI is InChI=1S/C16H24N2O2/c1-12-4-3-5-15(13(12)2)16(19)18-9-6-14(7-10-18)20-11-8-17/h3-5,14H,6-11,17H2,1-2H3. The van der Waals surface area contributed by atoms with Gasteiger partial charge in [-0.25, -0.2) is 0 Å². The van der Waals surface area contributed by atoms with E-state index >= 15 is 0 Å². The lowest BCUT2D eigenvalue weighted by atomic mass is 10.0.